The quantitative estimate of drug-likeness (QED) is 0.693. The van der Waals surface area contributed by atoms with Gasteiger partial charge in [-0.2, -0.15) is 0 Å². The fourth-order valence-corrected chi connectivity index (χ4v) is 2.40. The number of carbonyl (C=O) groups is 1. The molecule has 0 aliphatic rings. The molecule has 0 saturated heterocycles. The zero-order chi connectivity index (χ0) is 16.1. The zero-order valence-electron chi connectivity index (χ0n) is 12.7. The van der Waals surface area contributed by atoms with Gasteiger partial charge in [-0.15, -0.1) is 0 Å². The standard InChI is InChI=1S/C20H18N2O/c21-14-20(23)17-8-6-15(7-9-17)16-10-12-19(13-11-16)22-18-4-2-1-3-5-18/h1-13,22H,14,21H2. The number of carbonyl (C=O) groups excluding carboxylic acids is 1. The summed E-state index contributed by atoms with van der Waals surface area (Å²) in [5, 5.41) is 3.36. The number of para-hydroxylation sites is 1. The van der Waals surface area contributed by atoms with Gasteiger partial charge in [-0.3, -0.25) is 4.79 Å². The molecule has 23 heavy (non-hydrogen) atoms. The summed E-state index contributed by atoms with van der Waals surface area (Å²) in [7, 11) is 0. The van der Waals surface area contributed by atoms with E-state index in [0.29, 0.717) is 5.56 Å². The van der Waals surface area contributed by atoms with Gasteiger partial charge in [0.1, 0.15) is 0 Å². The van der Waals surface area contributed by atoms with Crippen LogP contribution in [0.25, 0.3) is 11.1 Å². The van der Waals surface area contributed by atoms with Gasteiger partial charge in [0, 0.05) is 16.9 Å². The molecule has 0 fully saturated rings. The number of Topliss-reactive ketones (excluding diaryl/α,β-unsaturated/α-hetero) is 1. The second-order valence-electron chi connectivity index (χ2n) is 5.27. The Morgan fingerprint density at radius 2 is 1.26 bits per heavy atom. The molecule has 3 rings (SSSR count). The van der Waals surface area contributed by atoms with Gasteiger partial charge in [0.05, 0.1) is 6.54 Å². The lowest BCUT2D eigenvalue weighted by atomic mass is 10.0. The highest BCUT2D eigenvalue weighted by atomic mass is 16.1. The molecule has 0 radical (unpaired) electrons. The van der Waals surface area contributed by atoms with Gasteiger partial charge in [-0.1, -0.05) is 54.6 Å². The molecule has 0 saturated carbocycles. The Bertz CT molecular complexity index is 778. The summed E-state index contributed by atoms with van der Waals surface area (Å²) in [6, 6.07) is 25.8. The van der Waals surface area contributed by atoms with Crippen LogP contribution in [0.1, 0.15) is 10.4 Å². The highest BCUT2D eigenvalue weighted by Crippen LogP contribution is 2.23. The smallest absolute Gasteiger partial charge is 0.176 e. The topological polar surface area (TPSA) is 55.1 Å². The van der Waals surface area contributed by atoms with Crippen LogP contribution in [0, 0.1) is 0 Å². The van der Waals surface area contributed by atoms with Crippen LogP contribution in [0.3, 0.4) is 0 Å². The molecular weight excluding hydrogens is 284 g/mol. The molecule has 3 nitrogen and oxygen atoms in total. The summed E-state index contributed by atoms with van der Waals surface area (Å²) in [5.74, 6) is -0.0426. The molecule has 0 atom stereocenters. The fourth-order valence-electron chi connectivity index (χ4n) is 2.40. The van der Waals surface area contributed by atoms with Crippen molar-refractivity contribution in [2.24, 2.45) is 5.73 Å². The van der Waals surface area contributed by atoms with Gasteiger partial charge in [0.2, 0.25) is 0 Å². The van der Waals surface area contributed by atoms with Crippen molar-refractivity contribution < 1.29 is 4.79 Å². The lowest BCUT2D eigenvalue weighted by molar-refractivity contribution is 0.100. The minimum Gasteiger partial charge on any atom is -0.356 e. The number of hydrogen-bond acceptors (Lipinski definition) is 3. The molecule has 0 bridgehead atoms. The van der Waals surface area contributed by atoms with Crippen LogP contribution in [0.4, 0.5) is 11.4 Å². The molecule has 0 spiro atoms. The number of rotatable bonds is 5. The Labute approximate surface area is 135 Å². The number of anilines is 2. The van der Waals surface area contributed by atoms with Crippen molar-refractivity contribution in [1.82, 2.24) is 0 Å². The second-order valence-corrected chi connectivity index (χ2v) is 5.27. The molecule has 114 valence electrons. The third kappa shape index (κ3) is 3.65. The van der Waals surface area contributed by atoms with Gasteiger partial charge in [0.15, 0.2) is 5.78 Å². The third-order valence-corrected chi connectivity index (χ3v) is 3.67. The van der Waals surface area contributed by atoms with E-state index in [0.717, 1.165) is 22.5 Å². The van der Waals surface area contributed by atoms with Crippen molar-refractivity contribution in [3.63, 3.8) is 0 Å². The van der Waals surface area contributed by atoms with E-state index in [9.17, 15) is 4.79 Å². The Balaban J connectivity index is 1.75. The van der Waals surface area contributed by atoms with Crippen LogP contribution in [-0.2, 0) is 0 Å². The number of benzene rings is 3. The van der Waals surface area contributed by atoms with Gasteiger partial charge in [-0.25, -0.2) is 0 Å². The van der Waals surface area contributed by atoms with Gasteiger partial charge < -0.3 is 11.1 Å². The normalized spacial score (nSPS) is 10.3. The highest BCUT2D eigenvalue weighted by molar-refractivity contribution is 5.97. The van der Waals surface area contributed by atoms with E-state index in [1.165, 1.54) is 0 Å². The number of nitrogens with one attached hydrogen (secondary N) is 1. The van der Waals surface area contributed by atoms with Crippen molar-refractivity contribution >= 4 is 17.2 Å². The molecule has 0 aliphatic heterocycles. The minimum absolute atomic E-state index is 0.0409. The maximum Gasteiger partial charge on any atom is 0.176 e. The Morgan fingerprint density at radius 3 is 1.83 bits per heavy atom. The average Bonchev–Trinajstić information content (AvgIpc) is 2.63. The number of ketones is 1. The van der Waals surface area contributed by atoms with Crippen molar-refractivity contribution in [2.45, 2.75) is 0 Å². The van der Waals surface area contributed by atoms with Crippen LogP contribution < -0.4 is 11.1 Å². The molecule has 0 unspecified atom stereocenters. The van der Waals surface area contributed by atoms with E-state index >= 15 is 0 Å². The molecule has 0 aliphatic carbocycles. The van der Waals surface area contributed by atoms with Gasteiger partial charge >= 0.3 is 0 Å². The first-order valence-corrected chi connectivity index (χ1v) is 7.52. The van der Waals surface area contributed by atoms with E-state index < -0.39 is 0 Å². The first kappa shape index (κ1) is 15.0. The van der Waals surface area contributed by atoms with E-state index in [-0.39, 0.29) is 12.3 Å². The summed E-state index contributed by atoms with van der Waals surface area (Å²) in [5.41, 5.74) is 10.3. The van der Waals surface area contributed by atoms with E-state index in [2.05, 4.69) is 17.4 Å². The second kappa shape index (κ2) is 6.90. The first-order valence-electron chi connectivity index (χ1n) is 7.52. The van der Waals surface area contributed by atoms with Crippen molar-refractivity contribution in [3.8, 4) is 11.1 Å². The summed E-state index contributed by atoms with van der Waals surface area (Å²) in [6.07, 6.45) is 0. The maximum absolute atomic E-state index is 11.5. The Hall–Kier alpha value is -2.91. The molecule has 3 N–H and O–H groups in total. The zero-order valence-corrected chi connectivity index (χ0v) is 12.7. The van der Waals surface area contributed by atoms with Crippen LogP contribution in [-0.4, -0.2) is 12.3 Å². The summed E-state index contributed by atoms with van der Waals surface area (Å²) >= 11 is 0. The largest absolute Gasteiger partial charge is 0.356 e. The van der Waals surface area contributed by atoms with Crippen molar-refractivity contribution in [3.05, 3.63) is 84.4 Å². The van der Waals surface area contributed by atoms with Crippen molar-refractivity contribution in [1.29, 1.82) is 0 Å². The Morgan fingerprint density at radius 1 is 0.739 bits per heavy atom. The predicted molar refractivity (Wildman–Crippen MR) is 95.0 cm³/mol. The van der Waals surface area contributed by atoms with E-state index in [1.807, 2.05) is 66.7 Å². The lowest BCUT2D eigenvalue weighted by Crippen LogP contribution is -2.13. The van der Waals surface area contributed by atoms with Gasteiger partial charge in [0.25, 0.3) is 0 Å². The van der Waals surface area contributed by atoms with E-state index in [1.54, 1.807) is 0 Å². The average molecular weight is 302 g/mol. The van der Waals surface area contributed by atoms with Gasteiger partial charge in [-0.05, 0) is 35.4 Å². The summed E-state index contributed by atoms with van der Waals surface area (Å²) < 4.78 is 0. The van der Waals surface area contributed by atoms with Crippen LogP contribution in [0.15, 0.2) is 78.9 Å². The highest BCUT2D eigenvalue weighted by Gasteiger charge is 2.04. The SMILES string of the molecule is NCC(=O)c1ccc(-c2ccc(Nc3ccccc3)cc2)cc1. The maximum atomic E-state index is 11.5. The molecular formula is C20H18N2O. The monoisotopic (exact) mass is 302 g/mol. The molecule has 0 amide bonds. The predicted octanol–water partition coefficient (Wildman–Crippen LogP) is 4.24. The first-order chi connectivity index (χ1) is 11.3. The molecule has 0 heterocycles. The lowest BCUT2D eigenvalue weighted by Gasteiger charge is -2.08. The van der Waals surface area contributed by atoms with Crippen LogP contribution in [0.2, 0.25) is 0 Å². The summed E-state index contributed by atoms with van der Waals surface area (Å²) in [6.45, 7) is 0.0409. The molecule has 3 aromatic rings. The fraction of sp³-hybridized carbons (Fsp3) is 0.0500. The third-order valence-electron chi connectivity index (χ3n) is 3.67. The van der Waals surface area contributed by atoms with Crippen LogP contribution >= 0.6 is 0 Å². The molecule has 3 aromatic carbocycles. The number of nitrogens with two attached hydrogens (primary N) is 1. The molecule has 3 heteroatoms. The molecule has 0 aromatic heterocycles. The van der Waals surface area contributed by atoms with Crippen LogP contribution in [0.5, 0.6) is 0 Å². The number of hydrogen-bond donors (Lipinski definition) is 2. The van der Waals surface area contributed by atoms with E-state index in [4.69, 9.17) is 5.73 Å². The summed E-state index contributed by atoms with van der Waals surface area (Å²) in [4.78, 5) is 11.5. The Kier molecular flexibility index (Phi) is 4.50. The minimum atomic E-state index is -0.0426. The van der Waals surface area contributed by atoms with Crippen molar-refractivity contribution in [2.75, 3.05) is 11.9 Å².